The number of hydrogen-bond acceptors (Lipinski definition) is 3. The number of likely N-dealkylation sites (tertiary alicyclic amines) is 2. The topological polar surface area (TPSA) is 32.8 Å². The predicted octanol–water partition coefficient (Wildman–Crippen LogP) is 1.50. The second kappa shape index (κ2) is 5.06. The smallest absolute Gasteiger partial charge is 0.232 e. The maximum Gasteiger partial charge on any atom is 0.232 e. The van der Waals surface area contributed by atoms with Gasteiger partial charge in [0.05, 0.1) is 11.5 Å². The molecule has 1 spiro atoms. The van der Waals surface area contributed by atoms with E-state index in [9.17, 15) is 4.79 Å². The van der Waals surface area contributed by atoms with E-state index in [1.807, 2.05) is 4.90 Å². The Balaban J connectivity index is 1.58. The van der Waals surface area contributed by atoms with Gasteiger partial charge in [-0.1, -0.05) is 0 Å². The van der Waals surface area contributed by atoms with E-state index in [4.69, 9.17) is 4.74 Å². The fourth-order valence-corrected chi connectivity index (χ4v) is 3.86. The highest BCUT2D eigenvalue weighted by atomic mass is 16.5. The average molecular weight is 266 g/mol. The molecule has 0 aliphatic carbocycles. The van der Waals surface area contributed by atoms with E-state index in [0.717, 1.165) is 45.6 Å². The molecule has 108 valence electrons. The maximum atomic E-state index is 12.4. The summed E-state index contributed by atoms with van der Waals surface area (Å²) in [7, 11) is 0. The first kappa shape index (κ1) is 13.4. The largest absolute Gasteiger partial charge is 0.377 e. The molecule has 3 heterocycles. The van der Waals surface area contributed by atoms with Gasteiger partial charge in [0.2, 0.25) is 5.91 Å². The molecule has 3 aliphatic rings. The zero-order valence-corrected chi connectivity index (χ0v) is 12.2. The van der Waals surface area contributed by atoms with Crippen molar-refractivity contribution in [3.8, 4) is 0 Å². The lowest BCUT2D eigenvalue weighted by Gasteiger charge is -2.55. The van der Waals surface area contributed by atoms with Crippen molar-refractivity contribution in [1.29, 1.82) is 0 Å². The molecule has 4 nitrogen and oxygen atoms in total. The van der Waals surface area contributed by atoms with Crippen LogP contribution in [-0.2, 0) is 9.53 Å². The Hall–Kier alpha value is -0.610. The molecule has 0 bridgehead atoms. The molecule has 3 fully saturated rings. The molecular formula is C15H26N2O2. The molecular weight excluding hydrogens is 240 g/mol. The van der Waals surface area contributed by atoms with E-state index in [1.54, 1.807) is 0 Å². The van der Waals surface area contributed by atoms with Crippen molar-refractivity contribution in [3.63, 3.8) is 0 Å². The molecule has 0 aromatic carbocycles. The minimum absolute atomic E-state index is 0.0544. The standard InChI is InChI=1S/C15H26N2O2/c1-12(2)17-11-15(14(17)18)6-4-7-16(10-15)9-13-5-3-8-19-13/h12-13H,3-11H2,1-2H3/t13-,15+/m1/s1. The van der Waals surface area contributed by atoms with Gasteiger partial charge in [-0.3, -0.25) is 9.69 Å². The molecule has 0 unspecified atom stereocenters. The number of piperidine rings is 1. The SMILES string of the molecule is CC(C)N1C[C@@]2(CCCN(C[C@H]3CCCO3)C2)C1=O. The first-order chi connectivity index (χ1) is 9.11. The Morgan fingerprint density at radius 2 is 2.21 bits per heavy atom. The average Bonchev–Trinajstić information content (AvgIpc) is 2.88. The Morgan fingerprint density at radius 3 is 2.84 bits per heavy atom. The number of nitrogens with zero attached hydrogens (tertiary/aromatic N) is 2. The summed E-state index contributed by atoms with van der Waals surface area (Å²) in [5, 5.41) is 0. The van der Waals surface area contributed by atoms with E-state index >= 15 is 0 Å². The van der Waals surface area contributed by atoms with Crippen molar-refractivity contribution in [2.45, 2.75) is 51.7 Å². The molecule has 4 heteroatoms. The molecule has 0 aromatic rings. The quantitative estimate of drug-likeness (QED) is 0.726. The van der Waals surface area contributed by atoms with Crippen molar-refractivity contribution in [2.24, 2.45) is 5.41 Å². The zero-order valence-electron chi connectivity index (χ0n) is 12.2. The fraction of sp³-hybridized carbons (Fsp3) is 0.933. The molecule has 1 amide bonds. The van der Waals surface area contributed by atoms with Crippen LogP contribution in [0.25, 0.3) is 0 Å². The minimum atomic E-state index is -0.0544. The Morgan fingerprint density at radius 1 is 1.37 bits per heavy atom. The second-order valence-corrected chi connectivity index (χ2v) is 6.78. The summed E-state index contributed by atoms with van der Waals surface area (Å²) < 4.78 is 5.72. The minimum Gasteiger partial charge on any atom is -0.377 e. The van der Waals surface area contributed by atoms with Gasteiger partial charge in [-0.15, -0.1) is 0 Å². The van der Waals surface area contributed by atoms with Gasteiger partial charge in [0, 0.05) is 32.3 Å². The molecule has 0 saturated carbocycles. The summed E-state index contributed by atoms with van der Waals surface area (Å²) in [5.74, 6) is 0.388. The van der Waals surface area contributed by atoms with Gasteiger partial charge in [-0.2, -0.15) is 0 Å². The van der Waals surface area contributed by atoms with Crippen molar-refractivity contribution in [1.82, 2.24) is 9.80 Å². The molecule has 2 atom stereocenters. The molecule has 0 aromatic heterocycles. The lowest BCUT2D eigenvalue weighted by atomic mass is 9.71. The highest BCUT2D eigenvalue weighted by molar-refractivity contribution is 5.89. The van der Waals surface area contributed by atoms with E-state index in [-0.39, 0.29) is 5.41 Å². The van der Waals surface area contributed by atoms with Crippen LogP contribution < -0.4 is 0 Å². The van der Waals surface area contributed by atoms with Crippen molar-refractivity contribution in [2.75, 3.05) is 32.8 Å². The summed E-state index contributed by atoms with van der Waals surface area (Å²) in [6.07, 6.45) is 5.03. The Labute approximate surface area is 116 Å². The van der Waals surface area contributed by atoms with Crippen LogP contribution in [0.2, 0.25) is 0 Å². The number of rotatable bonds is 3. The molecule has 0 radical (unpaired) electrons. The van der Waals surface area contributed by atoms with Gasteiger partial charge in [0.25, 0.3) is 0 Å². The van der Waals surface area contributed by atoms with E-state index in [2.05, 4.69) is 18.7 Å². The third-order valence-electron chi connectivity index (χ3n) is 4.95. The van der Waals surface area contributed by atoms with Gasteiger partial charge in [-0.05, 0) is 46.1 Å². The first-order valence-electron chi connectivity index (χ1n) is 7.76. The highest BCUT2D eigenvalue weighted by Crippen LogP contribution is 2.41. The molecule has 3 rings (SSSR count). The zero-order chi connectivity index (χ0) is 13.5. The van der Waals surface area contributed by atoms with Crippen LogP contribution in [0.15, 0.2) is 0 Å². The lowest BCUT2D eigenvalue weighted by molar-refractivity contribution is -0.170. The summed E-state index contributed by atoms with van der Waals surface area (Å²) in [6.45, 7) is 9.22. The lowest BCUT2D eigenvalue weighted by Crippen LogP contribution is -2.68. The van der Waals surface area contributed by atoms with Crippen LogP contribution in [0.3, 0.4) is 0 Å². The summed E-state index contributed by atoms with van der Waals surface area (Å²) in [6, 6.07) is 0.353. The van der Waals surface area contributed by atoms with Crippen LogP contribution in [0, 0.1) is 5.41 Å². The van der Waals surface area contributed by atoms with E-state index < -0.39 is 0 Å². The van der Waals surface area contributed by atoms with Crippen LogP contribution in [0.4, 0.5) is 0 Å². The van der Waals surface area contributed by atoms with Gasteiger partial charge < -0.3 is 9.64 Å². The second-order valence-electron chi connectivity index (χ2n) is 6.78. The number of ether oxygens (including phenoxy) is 1. The Kier molecular flexibility index (Phi) is 3.56. The van der Waals surface area contributed by atoms with E-state index in [0.29, 0.717) is 18.1 Å². The van der Waals surface area contributed by atoms with Gasteiger partial charge in [0.1, 0.15) is 0 Å². The molecule has 19 heavy (non-hydrogen) atoms. The van der Waals surface area contributed by atoms with Crippen LogP contribution in [0.1, 0.15) is 39.5 Å². The third-order valence-corrected chi connectivity index (χ3v) is 4.95. The van der Waals surface area contributed by atoms with E-state index in [1.165, 1.54) is 12.8 Å². The monoisotopic (exact) mass is 266 g/mol. The summed E-state index contributed by atoms with van der Waals surface area (Å²) in [4.78, 5) is 16.9. The first-order valence-corrected chi connectivity index (χ1v) is 7.76. The van der Waals surface area contributed by atoms with Crippen molar-refractivity contribution >= 4 is 5.91 Å². The van der Waals surface area contributed by atoms with Crippen LogP contribution >= 0.6 is 0 Å². The van der Waals surface area contributed by atoms with Gasteiger partial charge in [0.15, 0.2) is 0 Å². The molecule has 0 N–H and O–H groups in total. The highest BCUT2D eigenvalue weighted by Gasteiger charge is 2.54. The van der Waals surface area contributed by atoms with Gasteiger partial charge in [-0.25, -0.2) is 0 Å². The number of β-lactam (4-membered cyclic amide) rings is 1. The van der Waals surface area contributed by atoms with Crippen molar-refractivity contribution < 1.29 is 9.53 Å². The third kappa shape index (κ3) is 2.40. The predicted molar refractivity (Wildman–Crippen MR) is 73.9 cm³/mol. The van der Waals surface area contributed by atoms with Crippen LogP contribution in [0.5, 0.6) is 0 Å². The Bertz CT molecular complexity index is 352. The molecule has 3 aliphatic heterocycles. The number of hydrogen-bond donors (Lipinski definition) is 0. The maximum absolute atomic E-state index is 12.4. The van der Waals surface area contributed by atoms with Crippen LogP contribution in [-0.4, -0.2) is 60.6 Å². The van der Waals surface area contributed by atoms with Gasteiger partial charge >= 0.3 is 0 Å². The number of amides is 1. The summed E-state index contributed by atoms with van der Waals surface area (Å²) >= 11 is 0. The number of carbonyl (C=O) groups excluding carboxylic acids is 1. The fourth-order valence-electron chi connectivity index (χ4n) is 3.86. The normalized spacial score (nSPS) is 36.3. The molecule has 3 saturated heterocycles. The summed E-state index contributed by atoms with van der Waals surface area (Å²) in [5.41, 5.74) is -0.0544. The van der Waals surface area contributed by atoms with Crippen molar-refractivity contribution in [3.05, 3.63) is 0 Å². The number of carbonyl (C=O) groups is 1.